The van der Waals surface area contributed by atoms with E-state index >= 15 is 0 Å². The lowest BCUT2D eigenvalue weighted by Gasteiger charge is -1.76. The normalized spacial score (nSPS) is 6.50. The smallest absolute Gasteiger partial charge is 0.200 e. The zero-order valence-corrected chi connectivity index (χ0v) is 7.29. The van der Waals surface area contributed by atoms with Gasteiger partial charge in [0.05, 0.1) is 0 Å². The van der Waals surface area contributed by atoms with E-state index in [1.165, 1.54) is 6.20 Å². The molecule has 10 heavy (non-hydrogen) atoms. The van der Waals surface area contributed by atoms with Crippen molar-refractivity contribution in [2.24, 2.45) is 10.9 Å². The number of nitrogens with zero attached hydrogens (tertiary/aromatic N) is 1. The molecule has 0 bridgehead atoms. The Morgan fingerprint density at radius 1 is 1.30 bits per heavy atom. The molecule has 0 fully saturated rings. The summed E-state index contributed by atoms with van der Waals surface area (Å²) in [7, 11) is 0. The van der Waals surface area contributed by atoms with E-state index in [4.69, 9.17) is 0 Å². The predicted octanol–water partition coefficient (Wildman–Crippen LogP) is 2.10. The van der Waals surface area contributed by atoms with Gasteiger partial charge < -0.3 is 4.84 Å². The van der Waals surface area contributed by atoms with Crippen molar-refractivity contribution in [1.29, 1.82) is 0 Å². The second-order valence-electron chi connectivity index (χ2n) is 0.573. The van der Waals surface area contributed by atoms with Crippen molar-refractivity contribution in [2.75, 3.05) is 0 Å². The minimum atomic E-state index is 1.09. The zero-order chi connectivity index (χ0) is 8.83. The van der Waals surface area contributed by atoms with Gasteiger partial charge in [-0.05, 0) is 0 Å². The molecule has 0 saturated heterocycles. The van der Waals surface area contributed by atoms with Gasteiger partial charge in [0.25, 0.3) is 0 Å². The highest BCUT2D eigenvalue weighted by Gasteiger charge is 1.52. The van der Waals surface area contributed by atoms with Gasteiger partial charge in [0.1, 0.15) is 0 Å². The molecule has 0 aromatic carbocycles. The van der Waals surface area contributed by atoms with Gasteiger partial charge in [-0.25, -0.2) is 4.99 Å². The van der Waals surface area contributed by atoms with Gasteiger partial charge in [0, 0.05) is 6.20 Å². The topological polar surface area (TPSA) is 47.6 Å². The first kappa shape index (κ1) is 16.1. The van der Waals surface area contributed by atoms with E-state index in [1.807, 2.05) is 27.7 Å². The van der Waals surface area contributed by atoms with Gasteiger partial charge in [0.15, 0.2) is 0 Å². The molecule has 0 amide bonds. The van der Waals surface area contributed by atoms with Crippen LogP contribution in [0.2, 0.25) is 0 Å². The molecule has 0 rings (SSSR count). The van der Waals surface area contributed by atoms with E-state index in [1.54, 1.807) is 0 Å². The lowest BCUT2D eigenvalue weighted by Crippen LogP contribution is -1.92. The molecule has 0 spiro atoms. The molecular formula is C7H18N2O. The van der Waals surface area contributed by atoms with Crippen LogP contribution in [0.3, 0.4) is 0 Å². The van der Waals surface area contributed by atoms with Gasteiger partial charge in [-0.3, -0.25) is 0 Å². The summed E-state index contributed by atoms with van der Waals surface area (Å²) in [6.07, 6.45) is 2.42. The fourth-order valence-corrected chi connectivity index (χ4v) is 0.0782. The van der Waals surface area contributed by atoms with Crippen LogP contribution in [0.15, 0.2) is 17.8 Å². The fourth-order valence-electron chi connectivity index (χ4n) is 0.0782. The Bertz CT molecular complexity index is 62.6. The Kier molecular flexibility index (Phi) is 67.2. The van der Waals surface area contributed by atoms with E-state index < -0.39 is 0 Å². The highest BCUT2D eigenvalue weighted by atomic mass is 16.6. The van der Waals surface area contributed by atoms with Crippen LogP contribution in [0, 0.1) is 0 Å². The number of rotatable bonds is 2. The Morgan fingerprint density at radius 2 is 1.70 bits per heavy atom. The van der Waals surface area contributed by atoms with Crippen molar-refractivity contribution in [2.45, 2.75) is 27.7 Å². The van der Waals surface area contributed by atoms with E-state index in [-0.39, 0.29) is 0 Å². The largest absolute Gasteiger partial charge is 0.399 e. The number of hydrogen-bond acceptors (Lipinski definition) is 3. The van der Waals surface area contributed by atoms with E-state index in [0.717, 1.165) is 6.40 Å². The third-order valence-corrected chi connectivity index (χ3v) is 0.227. The molecule has 0 aliphatic heterocycles. The Balaban J connectivity index is -0.000000105. The predicted molar refractivity (Wildman–Crippen MR) is 46.7 cm³/mol. The van der Waals surface area contributed by atoms with Gasteiger partial charge in [-0.2, -0.15) is 5.90 Å². The molecule has 0 aromatic heterocycles. The van der Waals surface area contributed by atoms with Crippen LogP contribution < -0.4 is 5.90 Å². The summed E-state index contributed by atoms with van der Waals surface area (Å²) in [6, 6.07) is 0. The fraction of sp³-hybridized carbons (Fsp3) is 0.571. The van der Waals surface area contributed by atoms with Crippen molar-refractivity contribution >= 4 is 6.40 Å². The Morgan fingerprint density at radius 3 is 1.80 bits per heavy atom. The molecule has 3 nitrogen and oxygen atoms in total. The maximum Gasteiger partial charge on any atom is 0.200 e. The second-order valence-corrected chi connectivity index (χ2v) is 0.573. The molecule has 0 saturated carbocycles. The minimum absolute atomic E-state index is 1.09. The van der Waals surface area contributed by atoms with Crippen molar-refractivity contribution in [3.63, 3.8) is 0 Å². The quantitative estimate of drug-likeness (QED) is 0.368. The second kappa shape index (κ2) is 41.8. The molecule has 62 valence electrons. The van der Waals surface area contributed by atoms with E-state index in [9.17, 15) is 0 Å². The average Bonchev–Trinajstić information content (AvgIpc) is 2.08. The van der Waals surface area contributed by atoms with Gasteiger partial charge >= 0.3 is 0 Å². The Labute approximate surface area is 63.6 Å². The lowest BCUT2D eigenvalue weighted by atomic mass is 11.0. The monoisotopic (exact) mass is 146 g/mol. The molecule has 0 aliphatic rings. The summed E-state index contributed by atoms with van der Waals surface area (Å²) in [5, 5.41) is 0. The highest BCUT2D eigenvalue weighted by molar-refractivity contribution is 5.46. The highest BCUT2D eigenvalue weighted by Crippen LogP contribution is 1.58. The number of aliphatic imine (C=N–C) groups is 1. The summed E-state index contributed by atoms with van der Waals surface area (Å²) in [5.41, 5.74) is 0. The third kappa shape index (κ3) is 58.0. The first-order valence-electron chi connectivity index (χ1n) is 3.40. The van der Waals surface area contributed by atoms with E-state index in [2.05, 4.69) is 22.3 Å². The first-order valence-corrected chi connectivity index (χ1v) is 3.40. The SMILES string of the molecule is C=CN=CON.CC.CC. The number of hydrogen-bond donors (Lipinski definition) is 1. The van der Waals surface area contributed by atoms with Crippen molar-refractivity contribution < 1.29 is 4.84 Å². The summed E-state index contributed by atoms with van der Waals surface area (Å²) < 4.78 is 0. The molecule has 0 unspecified atom stereocenters. The molecule has 3 heteroatoms. The van der Waals surface area contributed by atoms with Gasteiger partial charge in [-0.15, -0.1) is 0 Å². The maximum absolute atomic E-state index is 4.52. The minimum Gasteiger partial charge on any atom is -0.399 e. The standard InChI is InChI=1S/C3H6N2O.2C2H6/c1-2-5-3-6-4;2*1-2/h2-3H,1,4H2;2*1-2H3. The van der Waals surface area contributed by atoms with Gasteiger partial charge in [-0.1, -0.05) is 34.3 Å². The van der Waals surface area contributed by atoms with Crippen LogP contribution >= 0.6 is 0 Å². The summed E-state index contributed by atoms with van der Waals surface area (Å²) in [6.45, 7) is 11.3. The molecule has 0 radical (unpaired) electrons. The van der Waals surface area contributed by atoms with Crippen LogP contribution in [0.5, 0.6) is 0 Å². The lowest BCUT2D eigenvalue weighted by molar-refractivity contribution is 0.338. The summed E-state index contributed by atoms with van der Waals surface area (Å²) >= 11 is 0. The molecule has 0 aliphatic carbocycles. The molecule has 0 heterocycles. The molecule has 2 N–H and O–H groups in total. The van der Waals surface area contributed by atoms with Crippen LogP contribution in [0.4, 0.5) is 0 Å². The van der Waals surface area contributed by atoms with Crippen LogP contribution in [-0.2, 0) is 4.84 Å². The van der Waals surface area contributed by atoms with Crippen molar-refractivity contribution in [3.8, 4) is 0 Å². The van der Waals surface area contributed by atoms with E-state index in [0.29, 0.717) is 0 Å². The summed E-state index contributed by atoms with van der Waals surface area (Å²) in [5.74, 6) is 4.52. The summed E-state index contributed by atoms with van der Waals surface area (Å²) in [4.78, 5) is 7.30. The van der Waals surface area contributed by atoms with Crippen LogP contribution in [0.1, 0.15) is 27.7 Å². The molecular weight excluding hydrogens is 128 g/mol. The first-order chi connectivity index (χ1) is 4.91. The van der Waals surface area contributed by atoms with Gasteiger partial charge in [0.2, 0.25) is 6.40 Å². The molecule has 0 aromatic rings. The third-order valence-electron chi connectivity index (χ3n) is 0.227. The van der Waals surface area contributed by atoms with Crippen molar-refractivity contribution in [3.05, 3.63) is 12.8 Å². The average molecular weight is 146 g/mol. The van der Waals surface area contributed by atoms with Crippen LogP contribution in [0.25, 0.3) is 0 Å². The van der Waals surface area contributed by atoms with Crippen LogP contribution in [-0.4, -0.2) is 6.40 Å². The Hall–Kier alpha value is -0.830. The molecule has 0 atom stereocenters. The zero-order valence-electron chi connectivity index (χ0n) is 7.29. The maximum atomic E-state index is 4.52. The van der Waals surface area contributed by atoms with Crippen molar-refractivity contribution in [1.82, 2.24) is 0 Å². The number of nitrogens with two attached hydrogens (primary N) is 1.